The van der Waals surface area contributed by atoms with E-state index in [-0.39, 0.29) is 5.54 Å². The van der Waals surface area contributed by atoms with Crippen LogP contribution in [0.3, 0.4) is 0 Å². The molecule has 202 valence electrons. The van der Waals surface area contributed by atoms with Crippen LogP contribution in [0.5, 0.6) is 0 Å². The summed E-state index contributed by atoms with van der Waals surface area (Å²) in [5.41, 5.74) is 10.7. The van der Waals surface area contributed by atoms with Crippen molar-refractivity contribution in [3.05, 3.63) is 163 Å². The van der Waals surface area contributed by atoms with Crippen molar-refractivity contribution in [2.24, 2.45) is 0 Å². The molecule has 41 heavy (non-hydrogen) atoms. The van der Waals surface area contributed by atoms with Crippen LogP contribution in [0.25, 0.3) is 11.1 Å². The molecular weight excluding hydrogens is 496 g/mol. The third-order valence-electron chi connectivity index (χ3n) is 7.86. The lowest BCUT2D eigenvalue weighted by Gasteiger charge is -2.43. The largest absolute Gasteiger partial charge is 0.332 e. The van der Waals surface area contributed by atoms with E-state index in [4.69, 9.17) is 0 Å². The summed E-state index contributed by atoms with van der Waals surface area (Å²) in [6.07, 6.45) is 7.72. The number of para-hydroxylation sites is 2. The molecule has 0 aliphatic heterocycles. The number of benzene rings is 5. The van der Waals surface area contributed by atoms with E-state index in [2.05, 4.69) is 182 Å². The van der Waals surface area contributed by atoms with Crippen LogP contribution in [0.2, 0.25) is 0 Å². The standard InChI is InChI=1S/C39H36N2/c1-30-12-10-18-38(28-30)40(34-14-6-4-7-15-34)35-23-19-32(20-24-35)33-21-25-37(26-22-33)41(36-16-8-5-9-17-36)39(3)27-11-13-31(2)29-39/h4-28H,29H2,1-3H3. The first-order valence-electron chi connectivity index (χ1n) is 14.3. The maximum atomic E-state index is 2.46. The Labute approximate surface area is 244 Å². The van der Waals surface area contributed by atoms with Crippen molar-refractivity contribution in [1.29, 1.82) is 0 Å². The van der Waals surface area contributed by atoms with Crippen LogP contribution in [0.15, 0.2) is 157 Å². The van der Waals surface area contributed by atoms with Gasteiger partial charge >= 0.3 is 0 Å². The summed E-state index contributed by atoms with van der Waals surface area (Å²) in [5.74, 6) is 0. The first kappa shape index (κ1) is 26.4. The van der Waals surface area contributed by atoms with Gasteiger partial charge in [-0.25, -0.2) is 0 Å². The lowest BCUT2D eigenvalue weighted by molar-refractivity contribution is 0.554. The van der Waals surface area contributed by atoms with Crippen molar-refractivity contribution < 1.29 is 0 Å². The smallest absolute Gasteiger partial charge is 0.0645 e. The minimum Gasteiger partial charge on any atom is -0.332 e. The molecule has 0 saturated carbocycles. The van der Waals surface area contributed by atoms with E-state index >= 15 is 0 Å². The molecule has 0 N–H and O–H groups in total. The first-order valence-corrected chi connectivity index (χ1v) is 14.3. The van der Waals surface area contributed by atoms with Crippen LogP contribution < -0.4 is 9.80 Å². The average Bonchev–Trinajstić information content (AvgIpc) is 2.99. The highest BCUT2D eigenvalue weighted by Crippen LogP contribution is 2.40. The number of anilines is 5. The Morgan fingerprint density at radius 3 is 1.63 bits per heavy atom. The van der Waals surface area contributed by atoms with Gasteiger partial charge in [-0.1, -0.05) is 96.6 Å². The third-order valence-corrected chi connectivity index (χ3v) is 7.86. The minimum atomic E-state index is -0.139. The topological polar surface area (TPSA) is 6.48 Å². The Kier molecular flexibility index (Phi) is 7.31. The van der Waals surface area contributed by atoms with E-state index in [9.17, 15) is 0 Å². The molecule has 2 nitrogen and oxygen atoms in total. The van der Waals surface area contributed by atoms with Crippen LogP contribution in [0.1, 0.15) is 25.8 Å². The summed E-state index contributed by atoms with van der Waals surface area (Å²) in [6, 6.07) is 47.8. The van der Waals surface area contributed by atoms with Gasteiger partial charge in [0.25, 0.3) is 0 Å². The highest BCUT2D eigenvalue weighted by Gasteiger charge is 2.32. The summed E-state index contributed by atoms with van der Waals surface area (Å²) in [7, 11) is 0. The normalized spacial score (nSPS) is 16.2. The van der Waals surface area contributed by atoms with Crippen LogP contribution in [-0.2, 0) is 0 Å². The van der Waals surface area contributed by atoms with Crippen molar-refractivity contribution in [2.75, 3.05) is 9.80 Å². The van der Waals surface area contributed by atoms with E-state index in [1.165, 1.54) is 33.6 Å². The lowest BCUT2D eigenvalue weighted by atomic mass is 9.86. The first-order chi connectivity index (χ1) is 20.0. The quantitative estimate of drug-likeness (QED) is 0.206. The second kappa shape index (κ2) is 11.3. The van der Waals surface area contributed by atoms with Crippen LogP contribution in [-0.4, -0.2) is 5.54 Å². The van der Waals surface area contributed by atoms with Gasteiger partial charge in [0.2, 0.25) is 0 Å². The summed E-state index contributed by atoms with van der Waals surface area (Å²) in [4.78, 5) is 4.78. The molecule has 1 unspecified atom stereocenters. The number of allylic oxidation sites excluding steroid dienone is 2. The van der Waals surface area contributed by atoms with Crippen molar-refractivity contribution in [3.8, 4) is 11.1 Å². The van der Waals surface area contributed by atoms with Crippen molar-refractivity contribution in [2.45, 2.75) is 32.7 Å². The molecule has 5 aromatic carbocycles. The van der Waals surface area contributed by atoms with Crippen molar-refractivity contribution >= 4 is 28.4 Å². The Balaban J connectivity index is 1.32. The highest BCUT2D eigenvalue weighted by atomic mass is 15.2. The maximum Gasteiger partial charge on any atom is 0.0645 e. The Hall–Kier alpha value is -4.82. The van der Waals surface area contributed by atoms with E-state index in [1.54, 1.807) is 0 Å². The molecule has 0 radical (unpaired) electrons. The molecule has 1 aliphatic rings. The van der Waals surface area contributed by atoms with E-state index in [0.29, 0.717) is 0 Å². The summed E-state index contributed by atoms with van der Waals surface area (Å²) in [6.45, 7) is 6.68. The fraction of sp³-hybridized carbons (Fsp3) is 0.128. The molecule has 0 saturated heterocycles. The Morgan fingerprint density at radius 1 is 0.537 bits per heavy atom. The third kappa shape index (κ3) is 5.60. The molecule has 5 aromatic rings. The zero-order valence-corrected chi connectivity index (χ0v) is 24.0. The second-order valence-corrected chi connectivity index (χ2v) is 11.2. The van der Waals surface area contributed by atoms with Gasteiger partial charge in [-0.2, -0.15) is 0 Å². The van der Waals surface area contributed by atoms with Gasteiger partial charge in [0, 0.05) is 28.4 Å². The molecule has 0 spiro atoms. The van der Waals surface area contributed by atoms with Crippen molar-refractivity contribution in [3.63, 3.8) is 0 Å². The predicted molar refractivity (Wildman–Crippen MR) is 176 cm³/mol. The maximum absolute atomic E-state index is 2.46. The molecular formula is C39H36N2. The number of rotatable bonds is 7. The van der Waals surface area contributed by atoms with Gasteiger partial charge in [0.05, 0.1) is 5.54 Å². The molecule has 2 heteroatoms. The fourth-order valence-electron chi connectivity index (χ4n) is 5.97. The van der Waals surface area contributed by atoms with Crippen molar-refractivity contribution in [1.82, 2.24) is 0 Å². The molecule has 0 heterocycles. The molecule has 1 atom stereocenters. The fourth-order valence-corrected chi connectivity index (χ4v) is 5.97. The predicted octanol–water partition coefficient (Wildman–Crippen LogP) is 10.9. The minimum absolute atomic E-state index is 0.139. The van der Waals surface area contributed by atoms with Gasteiger partial charge in [-0.15, -0.1) is 0 Å². The number of hydrogen-bond donors (Lipinski definition) is 0. The Morgan fingerprint density at radius 2 is 1.05 bits per heavy atom. The van der Waals surface area contributed by atoms with E-state index in [0.717, 1.165) is 23.5 Å². The number of hydrogen-bond acceptors (Lipinski definition) is 2. The van der Waals surface area contributed by atoms with Crippen LogP contribution >= 0.6 is 0 Å². The van der Waals surface area contributed by atoms with Gasteiger partial charge in [0.15, 0.2) is 0 Å². The molecule has 6 rings (SSSR count). The lowest BCUT2D eigenvalue weighted by Crippen LogP contribution is -2.42. The zero-order valence-electron chi connectivity index (χ0n) is 24.0. The Bertz CT molecular complexity index is 1670. The van der Waals surface area contributed by atoms with Gasteiger partial charge in [0.1, 0.15) is 0 Å². The molecule has 0 aromatic heterocycles. The van der Waals surface area contributed by atoms with Gasteiger partial charge in [-0.05, 0) is 105 Å². The molecule has 0 bridgehead atoms. The SMILES string of the molecule is CC1=CC=CC(C)(N(c2ccccc2)c2ccc(-c3ccc(N(c4ccccc4)c4cccc(C)c4)cc3)cc2)C1. The van der Waals surface area contributed by atoms with Crippen LogP contribution in [0, 0.1) is 6.92 Å². The van der Waals surface area contributed by atoms with Gasteiger partial charge < -0.3 is 9.80 Å². The average molecular weight is 533 g/mol. The van der Waals surface area contributed by atoms with E-state index in [1.807, 2.05) is 0 Å². The highest BCUT2D eigenvalue weighted by molar-refractivity contribution is 5.79. The molecule has 0 amide bonds. The summed E-state index contributed by atoms with van der Waals surface area (Å²) >= 11 is 0. The second-order valence-electron chi connectivity index (χ2n) is 11.2. The monoisotopic (exact) mass is 532 g/mol. The number of nitrogens with zero attached hydrogens (tertiary/aromatic N) is 2. The van der Waals surface area contributed by atoms with E-state index < -0.39 is 0 Å². The summed E-state index contributed by atoms with van der Waals surface area (Å²) in [5, 5.41) is 0. The van der Waals surface area contributed by atoms with Crippen LogP contribution in [0.4, 0.5) is 28.4 Å². The van der Waals surface area contributed by atoms with Gasteiger partial charge in [-0.3, -0.25) is 0 Å². The zero-order chi connectivity index (χ0) is 28.2. The molecule has 0 fully saturated rings. The molecule has 1 aliphatic carbocycles. The summed E-state index contributed by atoms with van der Waals surface area (Å²) < 4.78 is 0. The number of aryl methyl sites for hydroxylation is 1.